The molecule has 0 saturated heterocycles. The van der Waals surface area contributed by atoms with Crippen molar-refractivity contribution in [2.75, 3.05) is 6.54 Å². The molecule has 114 valence electrons. The van der Waals surface area contributed by atoms with Crippen molar-refractivity contribution in [1.82, 2.24) is 10.3 Å². The number of hydrogen-bond acceptors (Lipinski definition) is 4. The normalized spacial score (nSPS) is 12.3. The number of thiazole rings is 1. The molecular formula is C17H24N2OS. The van der Waals surface area contributed by atoms with Gasteiger partial charge in [0.2, 0.25) is 0 Å². The maximum atomic E-state index is 5.78. The minimum absolute atomic E-state index is 0.431. The zero-order valence-electron chi connectivity index (χ0n) is 13.1. The molecule has 1 aromatic carbocycles. The third kappa shape index (κ3) is 4.83. The number of benzene rings is 1. The van der Waals surface area contributed by atoms with E-state index in [1.54, 1.807) is 11.3 Å². The third-order valence-electron chi connectivity index (χ3n) is 3.38. The predicted octanol–water partition coefficient (Wildman–Crippen LogP) is 4.48. The van der Waals surface area contributed by atoms with Gasteiger partial charge in [-0.2, -0.15) is 0 Å². The second-order valence-electron chi connectivity index (χ2n) is 5.13. The van der Waals surface area contributed by atoms with E-state index in [0.717, 1.165) is 35.8 Å². The number of nitrogens with one attached hydrogen (secondary N) is 1. The smallest absolute Gasteiger partial charge is 0.131 e. The van der Waals surface area contributed by atoms with Crippen molar-refractivity contribution >= 4 is 11.3 Å². The number of aryl methyl sites for hydroxylation is 1. The maximum absolute atomic E-state index is 5.78. The summed E-state index contributed by atoms with van der Waals surface area (Å²) in [5, 5.41) is 6.69. The summed E-state index contributed by atoms with van der Waals surface area (Å²) in [5.41, 5.74) is 2.32. The van der Waals surface area contributed by atoms with Crippen LogP contribution in [-0.2, 0) is 6.61 Å². The first kappa shape index (κ1) is 16.0. The van der Waals surface area contributed by atoms with Gasteiger partial charge in [0.15, 0.2) is 0 Å². The van der Waals surface area contributed by atoms with E-state index in [0.29, 0.717) is 12.6 Å². The molecule has 0 aliphatic heterocycles. The molecule has 0 spiro atoms. The van der Waals surface area contributed by atoms with Crippen LogP contribution >= 0.6 is 11.3 Å². The van der Waals surface area contributed by atoms with Crippen LogP contribution in [0, 0.1) is 6.92 Å². The van der Waals surface area contributed by atoms with Crippen molar-refractivity contribution in [3.63, 3.8) is 0 Å². The Hall–Kier alpha value is -1.39. The molecule has 0 fully saturated rings. The number of hydrogen-bond donors (Lipinski definition) is 1. The summed E-state index contributed by atoms with van der Waals surface area (Å²) in [6, 6.07) is 8.83. The topological polar surface area (TPSA) is 34.1 Å². The van der Waals surface area contributed by atoms with E-state index in [1.165, 1.54) is 5.56 Å². The summed E-state index contributed by atoms with van der Waals surface area (Å²) in [6.45, 7) is 8.01. The van der Waals surface area contributed by atoms with Gasteiger partial charge in [-0.1, -0.05) is 26.0 Å². The van der Waals surface area contributed by atoms with E-state index in [9.17, 15) is 0 Å². The Morgan fingerprint density at radius 2 is 2.00 bits per heavy atom. The molecular weight excluding hydrogens is 280 g/mol. The highest BCUT2D eigenvalue weighted by molar-refractivity contribution is 7.09. The van der Waals surface area contributed by atoms with Gasteiger partial charge in [0.25, 0.3) is 0 Å². The molecule has 1 N–H and O–H groups in total. The Labute approximate surface area is 131 Å². The van der Waals surface area contributed by atoms with Crippen LogP contribution in [0.25, 0.3) is 0 Å². The van der Waals surface area contributed by atoms with Gasteiger partial charge in [0, 0.05) is 11.4 Å². The molecule has 1 atom stereocenters. The van der Waals surface area contributed by atoms with Gasteiger partial charge in [0.05, 0.1) is 10.7 Å². The largest absolute Gasteiger partial charge is 0.487 e. The van der Waals surface area contributed by atoms with Gasteiger partial charge in [-0.15, -0.1) is 11.3 Å². The van der Waals surface area contributed by atoms with Crippen LogP contribution < -0.4 is 10.1 Å². The molecule has 1 unspecified atom stereocenters. The molecule has 3 nitrogen and oxygen atoms in total. The lowest BCUT2D eigenvalue weighted by atomic mass is 10.0. The SMILES string of the molecule is CCCNC(CC)c1ccc(OCc2csc(C)n2)cc1. The Kier molecular flexibility index (Phi) is 6.21. The summed E-state index contributed by atoms with van der Waals surface area (Å²) in [4.78, 5) is 4.40. The fourth-order valence-electron chi connectivity index (χ4n) is 2.24. The fraction of sp³-hybridized carbons (Fsp3) is 0.471. The summed E-state index contributed by atoms with van der Waals surface area (Å²) < 4.78 is 5.78. The van der Waals surface area contributed by atoms with Crippen molar-refractivity contribution in [2.24, 2.45) is 0 Å². The molecule has 2 aromatic rings. The van der Waals surface area contributed by atoms with Crippen LogP contribution in [0.15, 0.2) is 29.6 Å². The van der Waals surface area contributed by atoms with Gasteiger partial charge >= 0.3 is 0 Å². The van der Waals surface area contributed by atoms with Crippen LogP contribution in [0.5, 0.6) is 5.75 Å². The van der Waals surface area contributed by atoms with Crippen LogP contribution in [0.3, 0.4) is 0 Å². The van der Waals surface area contributed by atoms with Gasteiger partial charge < -0.3 is 10.1 Å². The molecule has 0 aliphatic carbocycles. The monoisotopic (exact) mass is 304 g/mol. The Bertz CT molecular complexity index is 536. The quantitative estimate of drug-likeness (QED) is 0.780. The summed E-state index contributed by atoms with van der Waals surface area (Å²) in [7, 11) is 0. The van der Waals surface area contributed by atoms with Crippen LogP contribution in [0.1, 0.15) is 49.0 Å². The minimum atomic E-state index is 0.431. The van der Waals surface area contributed by atoms with Gasteiger partial charge in [-0.25, -0.2) is 4.98 Å². The second kappa shape index (κ2) is 8.15. The second-order valence-corrected chi connectivity index (χ2v) is 6.19. The Balaban J connectivity index is 1.91. The van der Waals surface area contributed by atoms with Crippen molar-refractivity contribution in [1.29, 1.82) is 0 Å². The van der Waals surface area contributed by atoms with E-state index < -0.39 is 0 Å². The number of rotatable bonds is 8. The third-order valence-corrected chi connectivity index (χ3v) is 4.21. The molecule has 2 rings (SSSR count). The van der Waals surface area contributed by atoms with Gasteiger partial charge in [-0.05, 0) is 44.0 Å². The molecule has 1 aromatic heterocycles. The van der Waals surface area contributed by atoms with E-state index in [4.69, 9.17) is 4.74 Å². The number of nitrogens with zero attached hydrogens (tertiary/aromatic N) is 1. The standard InChI is InChI=1S/C17H24N2OS/c1-4-10-18-17(5-2)14-6-8-16(9-7-14)20-11-15-12-21-13(3)19-15/h6-9,12,17-18H,4-5,10-11H2,1-3H3. The summed E-state index contributed by atoms with van der Waals surface area (Å²) >= 11 is 1.66. The summed E-state index contributed by atoms with van der Waals surface area (Å²) in [5.74, 6) is 0.898. The highest BCUT2D eigenvalue weighted by Crippen LogP contribution is 2.21. The predicted molar refractivity (Wildman–Crippen MR) is 89.0 cm³/mol. The van der Waals surface area contributed by atoms with Crippen molar-refractivity contribution < 1.29 is 4.74 Å². The summed E-state index contributed by atoms with van der Waals surface area (Å²) in [6.07, 6.45) is 2.25. The molecule has 21 heavy (non-hydrogen) atoms. The molecule has 0 saturated carbocycles. The van der Waals surface area contributed by atoms with E-state index >= 15 is 0 Å². The van der Waals surface area contributed by atoms with E-state index in [1.807, 2.05) is 24.4 Å². The van der Waals surface area contributed by atoms with Gasteiger partial charge in [0.1, 0.15) is 12.4 Å². The molecule has 0 aliphatic rings. The van der Waals surface area contributed by atoms with E-state index in [2.05, 4.69) is 36.3 Å². The van der Waals surface area contributed by atoms with Gasteiger partial charge in [-0.3, -0.25) is 0 Å². The number of ether oxygens (including phenoxy) is 1. The molecule has 0 amide bonds. The average molecular weight is 304 g/mol. The Morgan fingerprint density at radius 1 is 1.24 bits per heavy atom. The molecule has 0 radical (unpaired) electrons. The van der Waals surface area contributed by atoms with E-state index in [-0.39, 0.29) is 0 Å². The fourth-order valence-corrected chi connectivity index (χ4v) is 2.84. The van der Waals surface area contributed by atoms with Crippen LogP contribution in [-0.4, -0.2) is 11.5 Å². The maximum Gasteiger partial charge on any atom is 0.131 e. The first-order valence-corrected chi connectivity index (χ1v) is 8.48. The molecule has 0 bridgehead atoms. The van der Waals surface area contributed by atoms with Crippen LogP contribution in [0.2, 0.25) is 0 Å². The first-order valence-electron chi connectivity index (χ1n) is 7.60. The van der Waals surface area contributed by atoms with Crippen molar-refractivity contribution in [3.05, 3.63) is 45.9 Å². The lowest BCUT2D eigenvalue weighted by Crippen LogP contribution is -2.21. The Morgan fingerprint density at radius 3 is 2.57 bits per heavy atom. The minimum Gasteiger partial charge on any atom is -0.487 e. The van der Waals surface area contributed by atoms with Crippen molar-refractivity contribution in [3.8, 4) is 5.75 Å². The number of aromatic nitrogens is 1. The highest BCUT2D eigenvalue weighted by atomic mass is 32.1. The lowest BCUT2D eigenvalue weighted by Gasteiger charge is -2.17. The average Bonchev–Trinajstić information content (AvgIpc) is 2.93. The molecule has 4 heteroatoms. The molecule has 1 heterocycles. The highest BCUT2D eigenvalue weighted by Gasteiger charge is 2.08. The lowest BCUT2D eigenvalue weighted by molar-refractivity contribution is 0.302. The zero-order valence-corrected chi connectivity index (χ0v) is 13.9. The van der Waals surface area contributed by atoms with Crippen LogP contribution in [0.4, 0.5) is 0 Å². The van der Waals surface area contributed by atoms with Crippen molar-refractivity contribution in [2.45, 2.75) is 46.3 Å². The first-order chi connectivity index (χ1) is 10.2. The zero-order chi connectivity index (χ0) is 15.1.